The number of piperidine rings is 1. The van der Waals surface area contributed by atoms with Crippen LogP contribution in [0.2, 0.25) is 0 Å². The number of ether oxygens (including phenoxy) is 2. The summed E-state index contributed by atoms with van der Waals surface area (Å²) in [6.07, 6.45) is 1.69. The van der Waals surface area contributed by atoms with E-state index in [0.717, 1.165) is 16.9 Å². The lowest BCUT2D eigenvalue weighted by atomic mass is 9.86. The SMILES string of the molecule is CCOC(=O)C1CCCN(OS(=O)(=O)c2ccc(C)cc2)C1Cc1ccc(OC)cc1. The van der Waals surface area contributed by atoms with E-state index in [1.807, 2.05) is 31.2 Å². The minimum atomic E-state index is -4.02. The lowest BCUT2D eigenvalue weighted by Gasteiger charge is -2.38. The maximum absolute atomic E-state index is 12.9. The van der Waals surface area contributed by atoms with E-state index >= 15 is 0 Å². The Morgan fingerprint density at radius 1 is 1.10 bits per heavy atom. The molecule has 1 heterocycles. The van der Waals surface area contributed by atoms with Crippen LogP contribution in [-0.4, -0.2) is 45.8 Å². The molecule has 2 atom stereocenters. The molecule has 0 amide bonds. The van der Waals surface area contributed by atoms with Crippen molar-refractivity contribution in [2.75, 3.05) is 20.3 Å². The summed E-state index contributed by atoms with van der Waals surface area (Å²) < 4.78 is 41.8. The van der Waals surface area contributed by atoms with Crippen molar-refractivity contribution in [2.24, 2.45) is 5.92 Å². The van der Waals surface area contributed by atoms with E-state index in [2.05, 4.69) is 0 Å². The van der Waals surface area contributed by atoms with Crippen LogP contribution in [0.15, 0.2) is 53.4 Å². The van der Waals surface area contributed by atoms with Crippen molar-refractivity contribution in [3.8, 4) is 5.75 Å². The van der Waals surface area contributed by atoms with Gasteiger partial charge in [0.2, 0.25) is 0 Å². The van der Waals surface area contributed by atoms with E-state index in [-0.39, 0.29) is 17.5 Å². The molecule has 8 heteroatoms. The van der Waals surface area contributed by atoms with Crippen LogP contribution in [0.3, 0.4) is 0 Å². The zero-order valence-corrected chi connectivity index (χ0v) is 18.9. The summed E-state index contributed by atoms with van der Waals surface area (Å²) in [5.41, 5.74) is 1.90. The van der Waals surface area contributed by atoms with Crippen molar-refractivity contribution in [1.29, 1.82) is 0 Å². The Kier molecular flexibility index (Phi) is 7.69. The summed E-state index contributed by atoms with van der Waals surface area (Å²) in [7, 11) is -2.42. The lowest BCUT2D eigenvalue weighted by Crippen LogP contribution is -2.50. The van der Waals surface area contributed by atoms with E-state index in [0.29, 0.717) is 25.8 Å². The average molecular weight is 448 g/mol. The maximum atomic E-state index is 12.9. The van der Waals surface area contributed by atoms with Gasteiger partial charge in [0.25, 0.3) is 0 Å². The van der Waals surface area contributed by atoms with Crippen molar-refractivity contribution >= 4 is 16.1 Å². The minimum Gasteiger partial charge on any atom is -0.497 e. The van der Waals surface area contributed by atoms with Crippen LogP contribution in [0, 0.1) is 12.8 Å². The molecule has 2 aromatic rings. The van der Waals surface area contributed by atoms with Crippen molar-refractivity contribution in [3.63, 3.8) is 0 Å². The Bertz CT molecular complexity index is 972. The van der Waals surface area contributed by atoms with Gasteiger partial charge in [-0.1, -0.05) is 29.8 Å². The van der Waals surface area contributed by atoms with E-state index in [1.165, 1.54) is 17.2 Å². The van der Waals surface area contributed by atoms with Crippen LogP contribution in [-0.2, 0) is 30.4 Å². The molecule has 0 saturated carbocycles. The quantitative estimate of drug-likeness (QED) is 0.573. The van der Waals surface area contributed by atoms with Crippen LogP contribution in [0.1, 0.15) is 30.9 Å². The number of aryl methyl sites for hydroxylation is 1. The van der Waals surface area contributed by atoms with Crippen molar-refractivity contribution < 1.29 is 27.0 Å². The monoisotopic (exact) mass is 447 g/mol. The van der Waals surface area contributed by atoms with Crippen LogP contribution in [0.4, 0.5) is 0 Å². The van der Waals surface area contributed by atoms with E-state index in [1.54, 1.807) is 26.2 Å². The number of benzene rings is 2. The molecule has 2 aromatic carbocycles. The van der Waals surface area contributed by atoms with Gasteiger partial charge in [0.05, 0.1) is 30.6 Å². The second-order valence-corrected chi connectivity index (χ2v) is 9.13. The molecule has 0 aliphatic carbocycles. The van der Waals surface area contributed by atoms with Gasteiger partial charge < -0.3 is 9.47 Å². The maximum Gasteiger partial charge on any atom is 0.313 e. The molecule has 7 nitrogen and oxygen atoms in total. The fourth-order valence-electron chi connectivity index (χ4n) is 3.76. The minimum absolute atomic E-state index is 0.0829. The topological polar surface area (TPSA) is 82.1 Å². The zero-order chi connectivity index (χ0) is 22.4. The number of hydroxylamine groups is 2. The van der Waals surface area contributed by atoms with Crippen LogP contribution >= 0.6 is 0 Å². The van der Waals surface area contributed by atoms with Crippen LogP contribution in [0.5, 0.6) is 5.75 Å². The normalized spacial score (nSPS) is 19.7. The fraction of sp³-hybridized carbons (Fsp3) is 0.435. The molecule has 31 heavy (non-hydrogen) atoms. The second-order valence-electron chi connectivity index (χ2n) is 7.60. The first-order chi connectivity index (χ1) is 14.8. The van der Waals surface area contributed by atoms with Gasteiger partial charge in [-0.3, -0.25) is 4.79 Å². The van der Waals surface area contributed by atoms with Gasteiger partial charge in [0, 0.05) is 6.54 Å². The number of methoxy groups -OCH3 is 1. The van der Waals surface area contributed by atoms with E-state index in [4.69, 9.17) is 13.8 Å². The second kappa shape index (κ2) is 10.3. The third kappa shape index (κ3) is 5.84. The predicted molar refractivity (Wildman–Crippen MR) is 116 cm³/mol. The highest BCUT2D eigenvalue weighted by Gasteiger charge is 2.40. The first-order valence-corrected chi connectivity index (χ1v) is 11.8. The number of hydrogen-bond acceptors (Lipinski definition) is 7. The lowest BCUT2D eigenvalue weighted by molar-refractivity contribution is -0.167. The zero-order valence-electron chi connectivity index (χ0n) is 18.1. The molecular weight excluding hydrogens is 418 g/mol. The fourth-order valence-corrected chi connectivity index (χ4v) is 4.76. The van der Waals surface area contributed by atoms with Crippen LogP contribution in [0.25, 0.3) is 0 Å². The Hall–Kier alpha value is -2.42. The van der Waals surface area contributed by atoms with Crippen molar-refractivity contribution in [3.05, 3.63) is 59.7 Å². The molecule has 1 aliphatic rings. The highest BCUT2D eigenvalue weighted by Crippen LogP contribution is 2.30. The van der Waals surface area contributed by atoms with Gasteiger partial charge in [0.15, 0.2) is 0 Å². The average Bonchev–Trinajstić information content (AvgIpc) is 2.75. The molecule has 0 spiro atoms. The molecule has 0 N–H and O–H groups in total. The number of carbonyl (C=O) groups excluding carboxylic acids is 1. The molecule has 0 radical (unpaired) electrons. The van der Waals surface area contributed by atoms with Gasteiger partial charge >= 0.3 is 16.1 Å². The first-order valence-electron chi connectivity index (χ1n) is 10.4. The largest absolute Gasteiger partial charge is 0.497 e. The summed E-state index contributed by atoms with van der Waals surface area (Å²) in [5.74, 6) is -0.0875. The predicted octanol–water partition coefficient (Wildman–Crippen LogP) is 3.51. The number of carbonyl (C=O) groups is 1. The Labute approximate surface area is 184 Å². The standard InChI is InChI=1S/C23H29NO6S/c1-4-29-23(25)21-6-5-15-24(22(21)16-18-9-11-19(28-3)12-10-18)30-31(26,27)20-13-7-17(2)8-14-20/h7-14,21-22H,4-6,15-16H2,1-3H3. The van der Waals surface area contributed by atoms with Crippen LogP contribution < -0.4 is 4.74 Å². The summed E-state index contributed by atoms with van der Waals surface area (Å²) in [6, 6.07) is 13.5. The third-order valence-corrected chi connectivity index (χ3v) is 6.66. The highest BCUT2D eigenvalue weighted by atomic mass is 32.2. The highest BCUT2D eigenvalue weighted by molar-refractivity contribution is 7.86. The molecule has 1 saturated heterocycles. The number of esters is 1. The molecule has 2 unspecified atom stereocenters. The van der Waals surface area contributed by atoms with Gasteiger partial charge in [-0.15, -0.1) is 0 Å². The Morgan fingerprint density at radius 3 is 2.39 bits per heavy atom. The van der Waals surface area contributed by atoms with Gasteiger partial charge in [-0.25, -0.2) is 0 Å². The molecule has 1 aliphatic heterocycles. The van der Waals surface area contributed by atoms with E-state index in [9.17, 15) is 13.2 Å². The van der Waals surface area contributed by atoms with Crippen molar-refractivity contribution in [2.45, 2.75) is 44.0 Å². The molecular formula is C23H29NO6S. The van der Waals surface area contributed by atoms with E-state index < -0.39 is 22.1 Å². The molecule has 3 rings (SSSR count). The summed E-state index contributed by atoms with van der Waals surface area (Å²) in [4.78, 5) is 12.7. The van der Waals surface area contributed by atoms with Crippen molar-refractivity contribution in [1.82, 2.24) is 5.06 Å². The molecule has 1 fully saturated rings. The molecule has 0 aromatic heterocycles. The van der Waals surface area contributed by atoms with Gasteiger partial charge in [0.1, 0.15) is 5.75 Å². The number of nitrogens with zero attached hydrogens (tertiary/aromatic N) is 1. The summed E-state index contributed by atoms with van der Waals surface area (Å²) in [5, 5.41) is 1.44. The number of hydrogen-bond donors (Lipinski definition) is 0. The molecule has 0 bridgehead atoms. The molecule has 168 valence electrons. The number of rotatable bonds is 8. The summed E-state index contributed by atoms with van der Waals surface area (Å²) in [6.45, 7) is 4.32. The Morgan fingerprint density at radius 2 is 1.77 bits per heavy atom. The third-order valence-electron chi connectivity index (χ3n) is 5.42. The van der Waals surface area contributed by atoms with Gasteiger partial charge in [-0.2, -0.15) is 17.8 Å². The van der Waals surface area contributed by atoms with Gasteiger partial charge in [-0.05, 0) is 62.9 Å². The first kappa shape index (κ1) is 23.2. The smallest absolute Gasteiger partial charge is 0.313 e. The Balaban J connectivity index is 1.87. The summed E-state index contributed by atoms with van der Waals surface area (Å²) >= 11 is 0.